The molecular weight excluding hydrogens is 422 g/mol. The summed E-state index contributed by atoms with van der Waals surface area (Å²) in [7, 11) is 3.98. The second kappa shape index (κ2) is 16.0. The number of urea groups is 1. The molecule has 0 aliphatic rings. The highest BCUT2D eigenvalue weighted by Crippen LogP contribution is 2.18. The quantitative estimate of drug-likeness (QED) is 0.344. The zero-order valence-corrected chi connectivity index (χ0v) is 19.5. The molecule has 0 bridgehead atoms. The summed E-state index contributed by atoms with van der Waals surface area (Å²) >= 11 is 1.70. The predicted molar refractivity (Wildman–Crippen MR) is 122 cm³/mol. The first kappa shape index (κ1) is 28.3. The van der Waals surface area contributed by atoms with E-state index in [4.69, 9.17) is 14.9 Å². The van der Waals surface area contributed by atoms with Gasteiger partial charge in [-0.15, -0.1) is 11.8 Å². The van der Waals surface area contributed by atoms with Gasteiger partial charge in [0.05, 0.1) is 6.54 Å². The Morgan fingerprint density at radius 1 is 1.06 bits per heavy atom. The number of nitrogens with one attached hydrogen (secondary N) is 1. The molecule has 9 nitrogen and oxygen atoms in total. The number of hydrogen-bond acceptors (Lipinski definition) is 6. The van der Waals surface area contributed by atoms with Gasteiger partial charge in [-0.2, -0.15) is 0 Å². The summed E-state index contributed by atoms with van der Waals surface area (Å²) in [6.45, 7) is 6.55. The Balaban J connectivity index is 0.000000954. The SMILES string of the molecule is CSc1ccc(OCCN(C(=O)NCCN(C)C)C(C)C)cc1.O=C(O)C=CC(=O)O. The normalized spacial score (nSPS) is 10.5. The lowest BCUT2D eigenvalue weighted by Crippen LogP contribution is -2.47. The summed E-state index contributed by atoms with van der Waals surface area (Å²) in [6.07, 6.45) is 3.16. The maximum atomic E-state index is 12.2. The first-order valence-corrected chi connectivity index (χ1v) is 10.9. The number of rotatable bonds is 11. The molecule has 0 aliphatic heterocycles. The van der Waals surface area contributed by atoms with Crippen molar-refractivity contribution in [3.63, 3.8) is 0 Å². The fraction of sp³-hybridized carbons (Fsp3) is 0.476. The number of hydrogen-bond donors (Lipinski definition) is 3. The minimum atomic E-state index is -1.26. The Hall–Kier alpha value is -2.72. The number of amides is 2. The molecule has 0 aromatic heterocycles. The van der Waals surface area contributed by atoms with Crippen LogP contribution in [0.1, 0.15) is 13.8 Å². The Bertz CT molecular complexity index is 692. The second-order valence-electron chi connectivity index (χ2n) is 6.86. The van der Waals surface area contributed by atoms with Gasteiger partial charge in [0.2, 0.25) is 0 Å². The van der Waals surface area contributed by atoms with Gasteiger partial charge >= 0.3 is 18.0 Å². The maximum Gasteiger partial charge on any atom is 0.328 e. The third kappa shape index (κ3) is 14.8. The summed E-state index contributed by atoms with van der Waals surface area (Å²) in [5.74, 6) is -1.68. The van der Waals surface area contributed by atoms with Crippen LogP contribution in [0.4, 0.5) is 4.79 Å². The van der Waals surface area contributed by atoms with E-state index < -0.39 is 11.9 Å². The second-order valence-corrected chi connectivity index (χ2v) is 7.74. The molecule has 0 heterocycles. The van der Waals surface area contributed by atoms with E-state index >= 15 is 0 Å². The van der Waals surface area contributed by atoms with Crippen LogP contribution in [0.15, 0.2) is 41.3 Å². The maximum absolute atomic E-state index is 12.2. The van der Waals surface area contributed by atoms with Crippen LogP contribution >= 0.6 is 11.8 Å². The van der Waals surface area contributed by atoms with Crippen LogP contribution in [-0.4, -0.2) is 90.6 Å². The van der Waals surface area contributed by atoms with E-state index in [1.165, 1.54) is 4.90 Å². The Morgan fingerprint density at radius 2 is 1.61 bits per heavy atom. The highest BCUT2D eigenvalue weighted by atomic mass is 32.2. The molecule has 1 aromatic carbocycles. The first-order chi connectivity index (χ1) is 14.6. The van der Waals surface area contributed by atoms with Crippen molar-refractivity contribution in [2.24, 2.45) is 0 Å². The molecule has 0 saturated carbocycles. The number of carbonyl (C=O) groups excluding carboxylic acids is 1. The molecule has 0 spiro atoms. The zero-order valence-electron chi connectivity index (χ0n) is 18.7. The average Bonchev–Trinajstić information content (AvgIpc) is 2.70. The fourth-order valence-corrected chi connectivity index (χ4v) is 2.57. The Labute approximate surface area is 188 Å². The largest absolute Gasteiger partial charge is 0.492 e. The van der Waals surface area contributed by atoms with Gasteiger partial charge in [-0.1, -0.05) is 0 Å². The number of carboxylic acids is 2. The lowest BCUT2D eigenvalue weighted by molar-refractivity contribution is -0.134. The van der Waals surface area contributed by atoms with Crippen LogP contribution in [0.5, 0.6) is 5.75 Å². The number of likely N-dealkylation sites (N-methyl/N-ethyl adjacent to an activating group) is 1. The number of thioether (sulfide) groups is 1. The van der Waals surface area contributed by atoms with Gasteiger partial charge in [-0.25, -0.2) is 14.4 Å². The molecule has 3 N–H and O–H groups in total. The monoisotopic (exact) mass is 455 g/mol. The van der Waals surface area contributed by atoms with Crippen LogP contribution < -0.4 is 10.1 Å². The van der Waals surface area contributed by atoms with Gasteiger partial charge in [0.15, 0.2) is 0 Å². The summed E-state index contributed by atoms with van der Waals surface area (Å²) in [5.41, 5.74) is 0. The van der Waals surface area contributed by atoms with Gasteiger partial charge in [0.1, 0.15) is 12.4 Å². The van der Waals surface area contributed by atoms with Crippen LogP contribution in [-0.2, 0) is 9.59 Å². The number of nitrogens with zero attached hydrogens (tertiary/aromatic N) is 2. The van der Waals surface area contributed by atoms with Crippen LogP contribution in [0, 0.1) is 0 Å². The van der Waals surface area contributed by atoms with Crippen LogP contribution in [0.3, 0.4) is 0 Å². The number of aliphatic carboxylic acids is 2. The fourth-order valence-electron chi connectivity index (χ4n) is 2.16. The van der Waals surface area contributed by atoms with Crippen molar-refractivity contribution < 1.29 is 29.3 Å². The van der Waals surface area contributed by atoms with Crippen molar-refractivity contribution in [3.8, 4) is 5.75 Å². The summed E-state index contributed by atoms with van der Waals surface area (Å²) in [4.78, 5) is 36.4. The van der Waals surface area contributed by atoms with Crippen molar-refractivity contribution in [2.45, 2.75) is 24.8 Å². The lowest BCUT2D eigenvalue weighted by atomic mass is 10.3. The number of benzene rings is 1. The number of ether oxygens (including phenoxy) is 1. The van der Waals surface area contributed by atoms with Crippen LogP contribution in [0.2, 0.25) is 0 Å². The van der Waals surface area contributed by atoms with Gasteiger partial charge < -0.3 is 30.1 Å². The highest BCUT2D eigenvalue weighted by molar-refractivity contribution is 7.98. The molecule has 0 atom stereocenters. The van der Waals surface area contributed by atoms with E-state index in [1.807, 2.05) is 63.4 Å². The van der Waals surface area contributed by atoms with Crippen LogP contribution in [0.25, 0.3) is 0 Å². The van der Waals surface area contributed by atoms with Gasteiger partial charge in [-0.05, 0) is 58.5 Å². The third-order valence-corrected chi connectivity index (χ3v) is 4.49. The third-order valence-electron chi connectivity index (χ3n) is 3.75. The van der Waals surface area contributed by atoms with Gasteiger partial charge in [0.25, 0.3) is 0 Å². The van der Waals surface area contributed by atoms with E-state index in [9.17, 15) is 14.4 Å². The topological polar surface area (TPSA) is 119 Å². The smallest absolute Gasteiger partial charge is 0.328 e. The van der Waals surface area contributed by atoms with E-state index in [1.54, 1.807) is 16.7 Å². The number of carboxylic acid groups (broad SMARTS) is 2. The predicted octanol–water partition coefficient (Wildman–Crippen LogP) is 2.48. The Morgan fingerprint density at radius 3 is 2.03 bits per heavy atom. The van der Waals surface area contributed by atoms with Gasteiger partial charge in [0, 0.05) is 36.2 Å². The molecule has 0 radical (unpaired) electrons. The minimum Gasteiger partial charge on any atom is -0.492 e. The van der Waals surface area contributed by atoms with Crippen molar-refractivity contribution in [3.05, 3.63) is 36.4 Å². The average molecular weight is 456 g/mol. The van der Waals surface area contributed by atoms with Crippen molar-refractivity contribution >= 4 is 29.7 Å². The number of carbonyl (C=O) groups is 3. The summed E-state index contributed by atoms with van der Waals surface area (Å²) in [6, 6.07) is 8.09. The van der Waals surface area contributed by atoms with Crippen molar-refractivity contribution in [1.29, 1.82) is 0 Å². The van der Waals surface area contributed by atoms with E-state index in [-0.39, 0.29) is 12.1 Å². The summed E-state index contributed by atoms with van der Waals surface area (Å²) < 4.78 is 5.74. The standard InChI is InChI=1S/C17H29N3O2S.C4H4O4/c1-14(2)20(17(21)18-10-11-19(3)4)12-13-22-15-6-8-16(23-5)9-7-15;5-3(6)1-2-4(7)8/h6-9,14H,10-13H2,1-5H3,(H,18,21);1-2H,(H,5,6)(H,7,8). The van der Waals surface area contributed by atoms with E-state index in [2.05, 4.69) is 5.32 Å². The van der Waals surface area contributed by atoms with E-state index in [0.717, 1.165) is 12.3 Å². The van der Waals surface area contributed by atoms with Gasteiger partial charge in [-0.3, -0.25) is 0 Å². The van der Waals surface area contributed by atoms with E-state index in [0.29, 0.717) is 31.8 Å². The first-order valence-electron chi connectivity index (χ1n) is 9.66. The van der Waals surface area contributed by atoms with Crippen molar-refractivity contribution in [1.82, 2.24) is 15.1 Å². The molecule has 1 rings (SSSR count). The highest BCUT2D eigenvalue weighted by Gasteiger charge is 2.16. The molecule has 0 fully saturated rings. The summed E-state index contributed by atoms with van der Waals surface area (Å²) in [5, 5.41) is 18.6. The minimum absolute atomic E-state index is 0.0387. The molecule has 31 heavy (non-hydrogen) atoms. The molecule has 0 saturated heterocycles. The molecule has 0 unspecified atom stereocenters. The molecule has 10 heteroatoms. The molecule has 1 aromatic rings. The molecule has 2 amide bonds. The lowest BCUT2D eigenvalue weighted by Gasteiger charge is -2.27. The van der Waals surface area contributed by atoms with Crippen molar-refractivity contribution in [2.75, 3.05) is 46.6 Å². The Kier molecular flexibility index (Phi) is 14.6. The molecule has 0 aliphatic carbocycles. The molecule has 174 valence electrons. The zero-order chi connectivity index (χ0) is 23.8. The molecular formula is C21H33N3O6S.